The third-order valence-corrected chi connectivity index (χ3v) is 30.3. The van der Waals surface area contributed by atoms with E-state index in [4.69, 9.17) is 67.3 Å². The van der Waals surface area contributed by atoms with Crippen LogP contribution in [0.1, 0.15) is 134 Å². The van der Waals surface area contributed by atoms with Crippen LogP contribution < -0.4 is 43.6 Å². The summed E-state index contributed by atoms with van der Waals surface area (Å²) in [5.74, 6) is -5.30. The van der Waals surface area contributed by atoms with E-state index in [1.807, 2.05) is 30.1 Å². The molecule has 29 nitrogen and oxygen atoms in total. The number of nitriles is 3. The molecular formula is C103H137Cl2F8N23O6S6. The lowest BCUT2D eigenvalue weighted by atomic mass is 10.0. The summed E-state index contributed by atoms with van der Waals surface area (Å²) in [6.45, 7) is 19.7. The van der Waals surface area contributed by atoms with E-state index >= 15 is 0 Å². The van der Waals surface area contributed by atoms with Crippen LogP contribution in [0.15, 0.2) is 110 Å². The highest BCUT2D eigenvalue weighted by Gasteiger charge is 2.44. The number of likely N-dealkylation sites (tertiary alicyclic amines) is 5. The number of rotatable bonds is 27. The van der Waals surface area contributed by atoms with Gasteiger partial charge in [0.1, 0.15) is 37.3 Å². The number of carbonyl (C=O) groups is 3. The number of benzene rings is 4. The van der Waals surface area contributed by atoms with E-state index in [0.717, 1.165) is 134 Å². The summed E-state index contributed by atoms with van der Waals surface area (Å²) in [5.41, 5.74) is 9.16. The normalized spacial score (nSPS) is 21.4. The molecule has 18 rings (SSSR count). The Kier molecular flexibility index (Phi) is 44.1. The third kappa shape index (κ3) is 29.3. The summed E-state index contributed by atoms with van der Waals surface area (Å²) in [4.78, 5) is 96.1. The first-order valence-electron chi connectivity index (χ1n) is 49.5. The van der Waals surface area contributed by atoms with Crippen molar-refractivity contribution in [3.63, 3.8) is 0 Å². The van der Waals surface area contributed by atoms with Crippen LogP contribution in [-0.4, -0.2) is 313 Å². The maximum absolute atomic E-state index is 14.1. The van der Waals surface area contributed by atoms with Gasteiger partial charge in [-0.2, -0.15) is 140 Å². The van der Waals surface area contributed by atoms with Crippen LogP contribution >= 0.6 is 104 Å². The summed E-state index contributed by atoms with van der Waals surface area (Å²) >= 11 is 12.7. The topological polar surface area (TPSA) is 273 Å². The van der Waals surface area contributed by atoms with E-state index in [2.05, 4.69) is 123 Å². The molecule has 0 bridgehead atoms. The Labute approximate surface area is 914 Å². The molecule has 0 saturated carbocycles. The Morgan fingerprint density at radius 2 is 0.831 bits per heavy atom. The van der Waals surface area contributed by atoms with Gasteiger partial charge in [0.05, 0.1) is 127 Å². The highest BCUT2D eigenvalue weighted by molar-refractivity contribution is 7.60. The number of aromatic nitrogens is 6. The number of hydrogen-bond donors (Lipinski definition) is 0. The van der Waals surface area contributed by atoms with E-state index in [9.17, 15) is 65.3 Å². The zero-order chi connectivity index (χ0) is 100. The number of hydrogen-bond acceptors (Lipinski definition) is 26. The molecule has 11 aliphatic heterocycles. The van der Waals surface area contributed by atoms with Crippen LogP contribution in [-0.2, 0) is 59.5 Å². The molecule has 45 heteroatoms. The molecule has 4 aromatic carbocycles. The van der Waals surface area contributed by atoms with Crippen molar-refractivity contribution in [1.29, 1.82) is 15.8 Å². The fourth-order valence-electron chi connectivity index (χ4n) is 21.6. The van der Waals surface area contributed by atoms with E-state index < -0.39 is 47.4 Å². The van der Waals surface area contributed by atoms with Crippen LogP contribution in [0.2, 0.25) is 10.0 Å². The molecule has 11 aliphatic rings. The minimum atomic E-state index is -4.65. The number of amides is 3. The van der Waals surface area contributed by atoms with Gasteiger partial charge in [-0.3, -0.25) is 24.2 Å². The molecule has 8 fully saturated rings. The van der Waals surface area contributed by atoms with Crippen molar-refractivity contribution in [1.82, 2.24) is 69.1 Å². The fraction of sp³-hybridized carbons (Fsp3) is 0.553. The zero-order valence-electron chi connectivity index (χ0n) is 84.3. The summed E-state index contributed by atoms with van der Waals surface area (Å²) in [6, 6.07) is 29.7. The van der Waals surface area contributed by atoms with Gasteiger partial charge in [0.2, 0.25) is 11.8 Å². The summed E-state index contributed by atoms with van der Waals surface area (Å²) in [7, 11) is 6.26. The molecule has 0 N–H and O–H groups in total. The molecule has 0 spiro atoms. The van der Waals surface area contributed by atoms with Crippen LogP contribution in [0.25, 0.3) is 10.8 Å². The van der Waals surface area contributed by atoms with Crippen LogP contribution in [0.3, 0.4) is 0 Å². The SMILES string of the molecule is C=C(F)C(=O)N1CCN(c2nc(OC[C@@H]3CCCN3C)nc3c2CCN(c2cccc4cccc(Cl)c24)C3)C[C@@H]1CC#N.CN1CCC[C@H]1COc1nc2c(c(N3CCN(C(=O)/C=C/CCN4CCC(F)(F)C4)[C@@H](CC#N)C3)n1)CCN(c1cccc(Cl)c1C(F)(F)F)C2.Cc1cccc(N2CCc3c(nc(OC[C@@H]4CCCN4C)nc3N3CCN(C(=O)/C=C/CCN4CCC(F)(F)C4)[C@@H](CC#N)C3)C2)c1C.S.S.S.S.S.S. The predicted octanol–water partition coefficient (Wildman–Crippen LogP) is 15.2. The van der Waals surface area contributed by atoms with E-state index in [1.54, 1.807) is 36.7 Å². The number of alkyl halides is 7. The second kappa shape index (κ2) is 54.2. The highest BCUT2D eigenvalue weighted by Crippen LogP contribution is 2.46. The number of anilines is 6. The zero-order valence-corrected chi connectivity index (χ0v) is 91.8. The van der Waals surface area contributed by atoms with Crippen molar-refractivity contribution in [3.8, 4) is 36.2 Å². The van der Waals surface area contributed by atoms with Gasteiger partial charge in [-0.05, 0) is 184 Å². The molecule has 0 radical (unpaired) electrons. The number of likely N-dealkylation sites (N-methyl/N-ethyl adjacent to an activating group) is 3. The van der Waals surface area contributed by atoms with Gasteiger partial charge in [0.25, 0.3) is 17.8 Å². The first-order valence-corrected chi connectivity index (χ1v) is 50.2. The average Bonchev–Trinajstić information content (AvgIpc) is 0.915. The smallest absolute Gasteiger partial charge is 0.419 e. The maximum atomic E-state index is 14.1. The largest absolute Gasteiger partial charge is 0.462 e. The lowest BCUT2D eigenvalue weighted by Crippen LogP contribution is -2.55. The first-order chi connectivity index (χ1) is 68.3. The number of carbonyl (C=O) groups excluding carboxylic acids is 3. The molecule has 0 unspecified atom stereocenters. The number of piperazine rings is 3. The van der Waals surface area contributed by atoms with Crippen LogP contribution in [0, 0.1) is 47.8 Å². The Morgan fingerprint density at radius 3 is 1.22 bits per heavy atom. The van der Waals surface area contributed by atoms with Crippen molar-refractivity contribution >= 4 is 167 Å². The lowest BCUT2D eigenvalue weighted by molar-refractivity contribution is -0.137. The summed E-state index contributed by atoms with van der Waals surface area (Å²) in [5, 5.41) is 31.3. The van der Waals surface area contributed by atoms with Gasteiger partial charge in [-0.1, -0.05) is 84.4 Å². The second-order valence-corrected chi connectivity index (χ2v) is 39.8. The van der Waals surface area contributed by atoms with E-state index in [1.165, 1.54) is 52.1 Å². The highest BCUT2D eigenvalue weighted by atomic mass is 35.5. The number of halogens is 10. The quantitative estimate of drug-likeness (QED) is 0.0342. The number of aryl methyl sites for hydroxylation is 1. The van der Waals surface area contributed by atoms with Crippen LogP contribution in [0.5, 0.6) is 18.0 Å². The van der Waals surface area contributed by atoms with Gasteiger partial charge < -0.3 is 73.0 Å². The Balaban J connectivity index is 0.000000223. The molecule has 8 saturated heterocycles. The minimum Gasteiger partial charge on any atom is -0.462 e. The molecule has 6 atom stereocenters. The number of ether oxygens (including phenoxy) is 3. The number of fused-ring (bicyclic) bond motifs is 4. The average molecular weight is 2210 g/mol. The Hall–Kier alpha value is -9.40. The molecule has 3 aromatic heterocycles. The van der Waals surface area contributed by atoms with Crippen molar-refractivity contribution in [2.75, 3.05) is 208 Å². The summed E-state index contributed by atoms with van der Waals surface area (Å²) < 4.78 is 129. The Bertz CT molecular complexity index is 5940. The summed E-state index contributed by atoms with van der Waals surface area (Å²) in [6.07, 6.45) is 11.1. The molecule has 3 amide bonds. The third-order valence-electron chi connectivity index (χ3n) is 29.6. The fourth-order valence-corrected chi connectivity index (χ4v) is 22.1. The second-order valence-electron chi connectivity index (χ2n) is 39.0. The Morgan fingerprint density at radius 1 is 0.466 bits per heavy atom. The minimum absolute atomic E-state index is 0. The number of nitrogens with zero attached hydrogens (tertiary/aromatic N) is 23. The molecule has 0 aliphatic carbocycles. The van der Waals surface area contributed by atoms with Crippen molar-refractivity contribution in [3.05, 3.63) is 170 Å². The lowest BCUT2D eigenvalue weighted by Gasteiger charge is -2.42. The first kappa shape index (κ1) is 120. The predicted molar refractivity (Wildman–Crippen MR) is 591 cm³/mol. The van der Waals surface area contributed by atoms with Gasteiger partial charge in [-0.15, -0.1) is 0 Å². The van der Waals surface area contributed by atoms with Crippen LogP contribution in [0.4, 0.5) is 69.6 Å². The maximum Gasteiger partial charge on any atom is 0.419 e. The van der Waals surface area contributed by atoms with Gasteiger partial charge in [0.15, 0.2) is 5.83 Å². The van der Waals surface area contributed by atoms with Crippen molar-refractivity contribution in [2.45, 2.75) is 190 Å². The monoisotopic (exact) mass is 2210 g/mol. The molecule has 148 heavy (non-hydrogen) atoms. The molecular weight excluding hydrogens is 2070 g/mol. The van der Waals surface area contributed by atoms with E-state index in [-0.39, 0.29) is 186 Å². The van der Waals surface area contributed by atoms with Gasteiger partial charge in [0, 0.05) is 169 Å². The van der Waals surface area contributed by atoms with Crippen molar-refractivity contribution < 1.29 is 63.7 Å². The molecule has 806 valence electrons. The van der Waals surface area contributed by atoms with Gasteiger partial charge >= 0.3 is 24.2 Å². The molecule has 7 aromatic rings. The standard InChI is InChI=1S/C36H48F2N8O2.C35H42ClF5N8O2.C32H35ClFN7O2.6H2S/c1-26-8-6-10-32(27(26)2)44-18-13-30-31(23-44)40-35(48-24-29-9-7-16-42(29)3)41-34(30)45-20-21-46(28(22-45)12-15-39)33(47)11-4-5-17-43-19-14-36(37,38)25-43;1-45-14-5-6-25(45)22-51-33-43-28-21-47(29-8-4-7-27(36)31(29)35(39,40)41)16-11-26(28)32(44-33)48-18-19-49(24(20-48)10-13-42)30(50)9-2-3-15-46-17-12-34(37,38)23-46;1-21(34)31(42)41-17-16-40(18-23(41)11-13-35)30-25-12-15-39(28-10-4-7-22-6-3-9-26(33)29(22)28)19-27(25)36-32(37-30)43-20-24-8-5-14-38(24)2;;;;;;/h4,6,8,10-11,28-29H,5,7,9,12-14,16-25H2,1-3H3;2,4,7-9,24-25H,3,5-6,10-12,14-23H2,1H3;3-4,6-7,9-10,23-24H,1,5,8,11-12,14-20H2,2H3;6*1H2/b11-4+;9-2+;;;;;;;/t28-,29-;24-,25-;23-,24-;;;;;;/m000....../s1. The van der Waals surface area contributed by atoms with Crippen molar-refractivity contribution in [2.24, 2.45) is 0 Å². The molecule has 14 heterocycles. The van der Waals surface area contributed by atoms with Gasteiger partial charge in [-0.25, -0.2) is 22.0 Å². The van der Waals surface area contributed by atoms with E-state index in [0.29, 0.717) is 178 Å².